The van der Waals surface area contributed by atoms with Crippen LogP contribution >= 0.6 is 0 Å². The normalized spacial score (nSPS) is 12.2. The molecule has 0 bridgehead atoms. The number of halogens is 1. The Morgan fingerprint density at radius 1 is 1.05 bits per heavy atom. The second-order valence-corrected chi connectivity index (χ2v) is 5.34. The van der Waals surface area contributed by atoms with Crippen LogP contribution in [0.5, 0.6) is 5.75 Å². The van der Waals surface area contributed by atoms with Crippen LogP contribution in [-0.2, 0) is 0 Å². The molecule has 106 valence electrons. The molecular formula is C17H20FNO. The molecule has 20 heavy (non-hydrogen) atoms. The quantitative estimate of drug-likeness (QED) is 0.854. The van der Waals surface area contributed by atoms with Crippen LogP contribution in [0.3, 0.4) is 0 Å². The summed E-state index contributed by atoms with van der Waals surface area (Å²) >= 11 is 0. The van der Waals surface area contributed by atoms with Crippen molar-refractivity contribution >= 4 is 5.69 Å². The van der Waals surface area contributed by atoms with E-state index < -0.39 is 5.82 Å². The monoisotopic (exact) mass is 273 g/mol. The Hall–Kier alpha value is -2.03. The molecule has 2 N–H and O–H groups in total. The summed E-state index contributed by atoms with van der Waals surface area (Å²) in [7, 11) is 0. The van der Waals surface area contributed by atoms with Crippen LogP contribution in [0.4, 0.5) is 10.1 Å². The summed E-state index contributed by atoms with van der Waals surface area (Å²) in [6.07, 6.45) is 0. The van der Waals surface area contributed by atoms with Crippen molar-refractivity contribution in [3.63, 3.8) is 0 Å². The highest BCUT2D eigenvalue weighted by Gasteiger charge is 2.13. The summed E-state index contributed by atoms with van der Waals surface area (Å²) < 4.78 is 13.0. The Balaban J connectivity index is 2.30. The molecule has 0 amide bonds. The van der Waals surface area contributed by atoms with Crippen molar-refractivity contribution in [1.82, 2.24) is 0 Å². The number of rotatable bonds is 3. The number of phenolic OH excluding ortho intramolecular Hbond substituents is 1. The number of anilines is 1. The van der Waals surface area contributed by atoms with Crippen molar-refractivity contribution < 1.29 is 9.50 Å². The minimum atomic E-state index is -0.429. The van der Waals surface area contributed by atoms with Crippen molar-refractivity contribution in [2.24, 2.45) is 0 Å². The van der Waals surface area contributed by atoms with Gasteiger partial charge in [0.1, 0.15) is 11.6 Å². The predicted octanol–water partition coefficient (Wildman–Crippen LogP) is 4.63. The van der Waals surface area contributed by atoms with Crippen LogP contribution in [0.2, 0.25) is 0 Å². The van der Waals surface area contributed by atoms with Crippen molar-refractivity contribution in [3.8, 4) is 5.75 Å². The zero-order chi connectivity index (χ0) is 14.9. The first-order valence-corrected chi connectivity index (χ1v) is 6.71. The summed E-state index contributed by atoms with van der Waals surface area (Å²) in [4.78, 5) is 0. The number of hydrogen-bond donors (Lipinski definition) is 2. The van der Waals surface area contributed by atoms with Crippen LogP contribution in [0.1, 0.15) is 35.2 Å². The number of benzene rings is 2. The van der Waals surface area contributed by atoms with E-state index in [1.54, 1.807) is 6.07 Å². The lowest BCUT2D eigenvalue weighted by Crippen LogP contribution is -2.09. The van der Waals surface area contributed by atoms with Crippen LogP contribution in [0, 0.1) is 26.6 Å². The second-order valence-electron chi connectivity index (χ2n) is 5.34. The zero-order valence-electron chi connectivity index (χ0n) is 12.3. The molecule has 0 saturated heterocycles. The van der Waals surface area contributed by atoms with Gasteiger partial charge in [0.15, 0.2) is 0 Å². The molecule has 2 nitrogen and oxygen atoms in total. The molecule has 0 spiro atoms. The maximum absolute atomic E-state index is 13.0. The van der Waals surface area contributed by atoms with Gasteiger partial charge in [-0.3, -0.25) is 0 Å². The van der Waals surface area contributed by atoms with Crippen LogP contribution < -0.4 is 5.32 Å². The first-order chi connectivity index (χ1) is 9.38. The Bertz CT molecular complexity index is 614. The molecule has 0 aliphatic carbocycles. The minimum Gasteiger partial charge on any atom is -0.507 e. The Morgan fingerprint density at radius 3 is 2.20 bits per heavy atom. The van der Waals surface area contributed by atoms with Crippen molar-refractivity contribution in [2.75, 3.05) is 5.32 Å². The fourth-order valence-electron chi connectivity index (χ4n) is 2.58. The molecule has 2 aromatic carbocycles. The van der Waals surface area contributed by atoms with Gasteiger partial charge in [-0.25, -0.2) is 4.39 Å². The van der Waals surface area contributed by atoms with E-state index in [0.29, 0.717) is 5.56 Å². The lowest BCUT2D eigenvalue weighted by molar-refractivity contribution is 0.459. The lowest BCUT2D eigenvalue weighted by Gasteiger charge is -2.20. The molecule has 3 heteroatoms. The summed E-state index contributed by atoms with van der Waals surface area (Å²) in [5.41, 5.74) is 5.30. The molecule has 0 aliphatic rings. The molecule has 2 rings (SSSR count). The van der Waals surface area contributed by atoms with Crippen molar-refractivity contribution in [3.05, 3.63) is 58.4 Å². The van der Waals surface area contributed by atoms with Crippen LogP contribution in [-0.4, -0.2) is 5.11 Å². The maximum atomic E-state index is 13.0. The van der Waals surface area contributed by atoms with Gasteiger partial charge in [0.25, 0.3) is 0 Å². The highest BCUT2D eigenvalue weighted by molar-refractivity contribution is 5.59. The number of hydrogen-bond acceptors (Lipinski definition) is 2. The lowest BCUT2D eigenvalue weighted by atomic mass is 10.0. The van der Waals surface area contributed by atoms with Gasteiger partial charge < -0.3 is 10.4 Å². The molecule has 1 unspecified atom stereocenters. The van der Waals surface area contributed by atoms with Gasteiger partial charge >= 0.3 is 0 Å². The van der Waals surface area contributed by atoms with Gasteiger partial charge in [-0.15, -0.1) is 0 Å². The first kappa shape index (κ1) is 14.4. The Kier molecular flexibility index (Phi) is 3.98. The van der Waals surface area contributed by atoms with E-state index in [-0.39, 0.29) is 11.8 Å². The SMILES string of the molecule is Cc1cc(C)c(NC(C)c2ccc(F)cc2O)c(C)c1. The third kappa shape index (κ3) is 2.93. The van der Waals surface area contributed by atoms with Crippen molar-refractivity contribution in [2.45, 2.75) is 33.7 Å². The van der Waals surface area contributed by atoms with E-state index in [9.17, 15) is 9.50 Å². The van der Waals surface area contributed by atoms with E-state index in [0.717, 1.165) is 22.9 Å². The largest absolute Gasteiger partial charge is 0.507 e. The summed E-state index contributed by atoms with van der Waals surface area (Å²) in [6.45, 7) is 8.13. The smallest absolute Gasteiger partial charge is 0.126 e. The topological polar surface area (TPSA) is 32.3 Å². The Labute approximate surface area is 119 Å². The maximum Gasteiger partial charge on any atom is 0.126 e. The van der Waals surface area contributed by atoms with Gasteiger partial charge in [-0.05, 0) is 44.9 Å². The summed E-state index contributed by atoms with van der Waals surface area (Å²) in [5, 5.41) is 13.2. The fourth-order valence-corrected chi connectivity index (χ4v) is 2.58. The van der Waals surface area contributed by atoms with E-state index in [1.807, 2.05) is 6.92 Å². The molecule has 0 aliphatic heterocycles. The molecule has 0 saturated carbocycles. The van der Waals surface area contributed by atoms with Crippen LogP contribution in [0.25, 0.3) is 0 Å². The van der Waals surface area contributed by atoms with Gasteiger partial charge in [0.05, 0.1) is 6.04 Å². The van der Waals surface area contributed by atoms with Gasteiger partial charge in [-0.1, -0.05) is 23.8 Å². The molecule has 1 atom stereocenters. The molecule has 0 fully saturated rings. The average Bonchev–Trinajstić information content (AvgIpc) is 2.33. The molecule has 2 aromatic rings. The summed E-state index contributed by atoms with van der Waals surface area (Å²) in [5.74, 6) is -0.450. The standard InChI is InChI=1S/C17H20FNO/c1-10-7-11(2)17(12(3)8-10)19-13(4)15-6-5-14(18)9-16(15)20/h5-9,13,19-20H,1-4H3. The molecule has 0 radical (unpaired) electrons. The highest BCUT2D eigenvalue weighted by atomic mass is 19.1. The average molecular weight is 273 g/mol. The summed E-state index contributed by atoms with van der Waals surface area (Å²) in [6, 6.07) is 8.25. The number of aromatic hydroxyl groups is 1. The van der Waals surface area contributed by atoms with Gasteiger partial charge in [0.2, 0.25) is 0 Å². The van der Waals surface area contributed by atoms with E-state index in [4.69, 9.17) is 0 Å². The second kappa shape index (κ2) is 5.53. The number of nitrogens with one attached hydrogen (secondary N) is 1. The number of aryl methyl sites for hydroxylation is 3. The van der Waals surface area contributed by atoms with E-state index in [1.165, 1.54) is 11.6 Å². The van der Waals surface area contributed by atoms with Gasteiger partial charge in [-0.2, -0.15) is 0 Å². The van der Waals surface area contributed by atoms with E-state index in [2.05, 4.69) is 38.2 Å². The predicted molar refractivity (Wildman–Crippen MR) is 80.8 cm³/mol. The fraction of sp³-hybridized carbons (Fsp3) is 0.294. The van der Waals surface area contributed by atoms with Gasteiger partial charge in [0, 0.05) is 17.3 Å². The third-order valence-electron chi connectivity index (χ3n) is 3.50. The van der Waals surface area contributed by atoms with Crippen molar-refractivity contribution in [1.29, 1.82) is 0 Å². The molecule has 0 aromatic heterocycles. The molecular weight excluding hydrogens is 253 g/mol. The first-order valence-electron chi connectivity index (χ1n) is 6.71. The Morgan fingerprint density at radius 2 is 1.65 bits per heavy atom. The molecule has 0 heterocycles. The van der Waals surface area contributed by atoms with E-state index >= 15 is 0 Å². The minimum absolute atomic E-state index is 0.0209. The zero-order valence-corrected chi connectivity index (χ0v) is 12.3. The highest BCUT2D eigenvalue weighted by Crippen LogP contribution is 2.30. The number of phenols is 1. The third-order valence-corrected chi connectivity index (χ3v) is 3.50. The van der Waals surface area contributed by atoms with Crippen LogP contribution in [0.15, 0.2) is 30.3 Å².